The van der Waals surface area contributed by atoms with Gasteiger partial charge in [-0.2, -0.15) is 0 Å². The summed E-state index contributed by atoms with van der Waals surface area (Å²) in [6, 6.07) is 0. The van der Waals surface area contributed by atoms with E-state index in [2.05, 4.69) is 38.2 Å². The number of allylic oxidation sites excluding steroid dienone is 4. The molecular formula is C40H77NO8P+. The Hall–Kier alpha value is -1.51. The predicted octanol–water partition coefficient (Wildman–Crippen LogP) is 10.8. The van der Waals surface area contributed by atoms with Crippen LogP contribution in [0.25, 0.3) is 0 Å². The molecule has 9 nitrogen and oxygen atoms in total. The molecule has 0 radical (unpaired) electrons. The molecule has 0 aliphatic heterocycles. The highest BCUT2D eigenvalue weighted by Crippen LogP contribution is 2.43. The molecule has 0 saturated carbocycles. The fraction of sp³-hybridized carbons (Fsp3) is 0.850. The number of ether oxygens (including phenoxy) is 2. The molecule has 50 heavy (non-hydrogen) atoms. The van der Waals surface area contributed by atoms with E-state index in [1.54, 1.807) is 0 Å². The van der Waals surface area contributed by atoms with Crippen molar-refractivity contribution in [3.05, 3.63) is 24.3 Å². The van der Waals surface area contributed by atoms with Crippen molar-refractivity contribution in [2.75, 3.05) is 47.5 Å². The molecule has 0 aliphatic carbocycles. The summed E-state index contributed by atoms with van der Waals surface area (Å²) in [4.78, 5) is 35.2. The van der Waals surface area contributed by atoms with E-state index in [1.165, 1.54) is 57.8 Å². The molecule has 0 heterocycles. The summed E-state index contributed by atoms with van der Waals surface area (Å²) in [7, 11) is 1.47. The van der Waals surface area contributed by atoms with Gasteiger partial charge in [-0.1, -0.05) is 122 Å². The van der Waals surface area contributed by atoms with E-state index >= 15 is 0 Å². The van der Waals surface area contributed by atoms with Crippen molar-refractivity contribution in [1.29, 1.82) is 0 Å². The zero-order chi connectivity index (χ0) is 37.2. The Balaban J connectivity index is 4.41. The zero-order valence-corrected chi connectivity index (χ0v) is 33.8. The Morgan fingerprint density at radius 2 is 1.04 bits per heavy atom. The second-order valence-corrected chi connectivity index (χ2v) is 16.1. The monoisotopic (exact) mass is 731 g/mol. The third kappa shape index (κ3) is 36.3. The van der Waals surface area contributed by atoms with Crippen LogP contribution in [0.4, 0.5) is 0 Å². The Bertz CT molecular complexity index is 918. The standard InChI is InChI=1S/C40H76NO8P/c1-6-8-10-12-14-16-18-19-20-21-23-24-26-28-30-32-39(42)46-36-38(37-48-50(44,45)47-35-34-41(3,4)5)49-40(43)33-31-29-27-25-22-17-15-13-11-9-7-2/h13,15,19-20,38H,6-12,14,16-18,21-37H2,1-5H3/p+1/b15-13-,20-19+/t38-/m1/s1. The molecule has 0 spiro atoms. The van der Waals surface area contributed by atoms with E-state index < -0.39 is 26.5 Å². The van der Waals surface area contributed by atoms with Crippen molar-refractivity contribution in [3.63, 3.8) is 0 Å². The van der Waals surface area contributed by atoms with Crippen LogP contribution in [-0.2, 0) is 32.7 Å². The van der Waals surface area contributed by atoms with Crippen LogP contribution < -0.4 is 0 Å². The minimum absolute atomic E-state index is 0.0296. The summed E-state index contributed by atoms with van der Waals surface area (Å²) in [6.45, 7) is 4.35. The van der Waals surface area contributed by atoms with Gasteiger partial charge in [-0.05, 0) is 57.8 Å². The molecule has 0 bridgehead atoms. The molecule has 0 aliphatic rings. The van der Waals surface area contributed by atoms with Gasteiger partial charge in [-0.25, -0.2) is 4.57 Å². The highest BCUT2D eigenvalue weighted by Gasteiger charge is 2.27. The van der Waals surface area contributed by atoms with Gasteiger partial charge in [0.05, 0.1) is 27.7 Å². The van der Waals surface area contributed by atoms with Crippen LogP contribution >= 0.6 is 7.82 Å². The summed E-state index contributed by atoms with van der Waals surface area (Å²) >= 11 is 0. The summed E-state index contributed by atoms with van der Waals surface area (Å²) in [6.07, 6.45) is 33.7. The van der Waals surface area contributed by atoms with Crippen molar-refractivity contribution in [3.8, 4) is 0 Å². The third-order valence-corrected chi connectivity index (χ3v) is 9.44. The zero-order valence-electron chi connectivity index (χ0n) is 32.9. The van der Waals surface area contributed by atoms with Crippen molar-refractivity contribution >= 4 is 19.8 Å². The number of carbonyl (C=O) groups is 2. The number of rotatable bonds is 36. The molecule has 294 valence electrons. The number of hydrogen-bond donors (Lipinski definition) is 1. The summed E-state index contributed by atoms with van der Waals surface area (Å²) in [5.74, 6) is -0.820. The lowest BCUT2D eigenvalue weighted by Gasteiger charge is -2.24. The average Bonchev–Trinajstić information content (AvgIpc) is 3.06. The number of hydrogen-bond acceptors (Lipinski definition) is 7. The largest absolute Gasteiger partial charge is 0.472 e. The van der Waals surface area contributed by atoms with Gasteiger partial charge in [-0.15, -0.1) is 0 Å². The number of unbranched alkanes of at least 4 members (excludes halogenated alkanes) is 18. The van der Waals surface area contributed by atoms with Crippen LogP contribution in [0, 0.1) is 0 Å². The molecular weight excluding hydrogens is 653 g/mol. The van der Waals surface area contributed by atoms with Crippen molar-refractivity contribution in [1.82, 2.24) is 0 Å². The highest BCUT2D eigenvalue weighted by atomic mass is 31.2. The number of phosphoric ester groups is 1. The van der Waals surface area contributed by atoms with E-state index in [4.69, 9.17) is 18.5 Å². The smallest absolute Gasteiger partial charge is 0.462 e. The van der Waals surface area contributed by atoms with Gasteiger partial charge >= 0.3 is 19.8 Å². The van der Waals surface area contributed by atoms with Crippen LogP contribution in [0.2, 0.25) is 0 Å². The van der Waals surface area contributed by atoms with Gasteiger partial charge in [0.1, 0.15) is 19.8 Å². The molecule has 0 rings (SSSR count). The summed E-state index contributed by atoms with van der Waals surface area (Å²) in [5.41, 5.74) is 0. The minimum Gasteiger partial charge on any atom is -0.462 e. The molecule has 10 heteroatoms. The van der Waals surface area contributed by atoms with E-state index in [1.807, 2.05) is 21.1 Å². The molecule has 1 unspecified atom stereocenters. The number of esters is 2. The molecule has 1 N–H and O–H groups in total. The number of carbonyl (C=O) groups excluding carboxylic acids is 2. The van der Waals surface area contributed by atoms with Gasteiger partial charge in [0.15, 0.2) is 6.10 Å². The van der Waals surface area contributed by atoms with Gasteiger partial charge in [0.2, 0.25) is 0 Å². The number of quaternary nitrogens is 1. The molecule has 0 amide bonds. The van der Waals surface area contributed by atoms with E-state index in [-0.39, 0.29) is 32.0 Å². The van der Waals surface area contributed by atoms with Crippen LogP contribution in [0.15, 0.2) is 24.3 Å². The average molecular weight is 731 g/mol. The van der Waals surface area contributed by atoms with Crippen molar-refractivity contribution < 1.29 is 42.1 Å². The minimum atomic E-state index is -4.37. The maximum atomic E-state index is 12.6. The molecule has 0 aromatic carbocycles. The van der Waals surface area contributed by atoms with E-state index in [9.17, 15) is 19.0 Å². The third-order valence-electron chi connectivity index (χ3n) is 8.45. The SMILES string of the molecule is CCCC/C=C\CCCCCCCC(=O)O[C@H](COC(=O)CCCCCCC/C=C/CCCCCCCC)COP(=O)(O)OCC[N+](C)(C)C. The van der Waals surface area contributed by atoms with Crippen molar-refractivity contribution in [2.45, 2.75) is 174 Å². The lowest BCUT2D eigenvalue weighted by atomic mass is 10.1. The number of phosphoric acid groups is 1. The summed E-state index contributed by atoms with van der Waals surface area (Å²) < 4.78 is 34.1. The highest BCUT2D eigenvalue weighted by molar-refractivity contribution is 7.47. The van der Waals surface area contributed by atoms with E-state index in [0.717, 1.165) is 77.0 Å². The molecule has 0 fully saturated rings. The van der Waals surface area contributed by atoms with Gasteiger partial charge in [0, 0.05) is 12.8 Å². The van der Waals surface area contributed by atoms with Gasteiger partial charge < -0.3 is 18.9 Å². The first-order valence-electron chi connectivity index (χ1n) is 20.1. The quantitative estimate of drug-likeness (QED) is 0.0223. The maximum absolute atomic E-state index is 12.6. The Morgan fingerprint density at radius 3 is 1.54 bits per heavy atom. The Morgan fingerprint density at radius 1 is 0.600 bits per heavy atom. The lowest BCUT2D eigenvalue weighted by molar-refractivity contribution is -0.870. The maximum Gasteiger partial charge on any atom is 0.472 e. The first-order chi connectivity index (χ1) is 24.0. The second kappa shape index (κ2) is 33.3. The summed E-state index contributed by atoms with van der Waals surface area (Å²) in [5, 5.41) is 0. The first-order valence-corrected chi connectivity index (χ1v) is 21.6. The molecule has 2 atom stereocenters. The fourth-order valence-electron chi connectivity index (χ4n) is 5.22. The van der Waals surface area contributed by atoms with Crippen molar-refractivity contribution in [2.24, 2.45) is 0 Å². The van der Waals surface area contributed by atoms with Gasteiger partial charge in [-0.3, -0.25) is 18.6 Å². The Kier molecular flexibility index (Phi) is 32.3. The van der Waals surface area contributed by atoms with Crippen LogP contribution in [-0.4, -0.2) is 74.9 Å². The van der Waals surface area contributed by atoms with Crippen LogP contribution in [0.1, 0.15) is 168 Å². The van der Waals surface area contributed by atoms with E-state index in [0.29, 0.717) is 17.4 Å². The van der Waals surface area contributed by atoms with Gasteiger partial charge in [0.25, 0.3) is 0 Å². The lowest BCUT2D eigenvalue weighted by Crippen LogP contribution is -2.37. The van der Waals surface area contributed by atoms with Crippen LogP contribution in [0.5, 0.6) is 0 Å². The van der Waals surface area contributed by atoms with Crippen LogP contribution in [0.3, 0.4) is 0 Å². The normalized spacial score (nSPS) is 14.0. The molecule has 0 saturated heterocycles. The first kappa shape index (κ1) is 48.5. The molecule has 0 aromatic rings. The molecule has 0 aromatic heterocycles. The Labute approximate surface area is 307 Å². The number of likely N-dealkylation sites (N-methyl/N-ethyl adjacent to an activating group) is 1. The second-order valence-electron chi connectivity index (χ2n) is 14.7. The predicted molar refractivity (Wildman–Crippen MR) is 206 cm³/mol. The topological polar surface area (TPSA) is 108 Å². The fourth-order valence-corrected chi connectivity index (χ4v) is 5.96. The number of nitrogens with zero attached hydrogens (tertiary/aromatic N) is 1.